The third kappa shape index (κ3) is 6.66. The number of carboxylic acid groups (broad SMARTS) is 1. The smallest absolute Gasteiger partial charge is 0.317 e. The second-order valence-electron chi connectivity index (χ2n) is 8.71. The van der Waals surface area contributed by atoms with Crippen molar-refractivity contribution in [1.82, 2.24) is 9.91 Å². The number of anilines is 1. The summed E-state index contributed by atoms with van der Waals surface area (Å²) in [6.07, 6.45) is 3.24. The molecule has 1 unspecified atom stereocenters. The van der Waals surface area contributed by atoms with Crippen molar-refractivity contribution in [3.05, 3.63) is 64.7 Å². The van der Waals surface area contributed by atoms with Crippen LogP contribution in [0.15, 0.2) is 47.6 Å². The van der Waals surface area contributed by atoms with Crippen LogP contribution < -0.4 is 5.32 Å². The molecule has 1 atom stereocenters. The molecule has 0 spiro atoms. The van der Waals surface area contributed by atoms with Crippen LogP contribution >= 0.6 is 0 Å². The van der Waals surface area contributed by atoms with E-state index < -0.39 is 5.97 Å². The largest absolute Gasteiger partial charge is 0.480 e. The second kappa shape index (κ2) is 11.9. The molecule has 1 saturated heterocycles. The summed E-state index contributed by atoms with van der Waals surface area (Å²) >= 11 is 0. The normalized spacial score (nSPS) is 18.4. The Bertz CT molecular complexity index is 1050. The van der Waals surface area contributed by atoms with Crippen LogP contribution in [0.5, 0.6) is 0 Å². The summed E-state index contributed by atoms with van der Waals surface area (Å²) in [5.74, 6) is -1.05. The minimum absolute atomic E-state index is 0.0222. The van der Waals surface area contributed by atoms with Crippen molar-refractivity contribution in [2.45, 2.75) is 18.9 Å². The lowest BCUT2D eigenvalue weighted by Gasteiger charge is -2.36. The number of morpholine rings is 1. The Labute approximate surface area is 205 Å². The van der Waals surface area contributed by atoms with Crippen molar-refractivity contribution in [3.8, 4) is 0 Å². The van der Waals surface area contributed by atoms with Gasteiger partial charge in [-0.2, -0.15) is 5.10 Å². The van der Waals surface area contributed by atoms with Crippen molar-refractivity contribution in [2.75, 3.05) is 58.4 Å². The van der Waals surface area contributed by atoms with E-state index in [0.29, 0.717) is 44.0 Å². The Balaban J connectivity index is 1.44. The Morgan fingerprint density at radius 2 is 1.94 bits per heavy atom. The first kappa shape index (κ1) is 24.8. The van der Waals surface area contributed by atoms with Gasteiger partial charge in [0.15, 0.2) is 0 Å². The zero-order valence-electron chi connectivity index (χ0n) is 20.0. The van der Waals surface area contributed by atoms with E-state index >= 15 is 0 Å². The summed E-state index contributed by atoms with van der Waals surface area (Å²) in [6, 6.07) is 13.1. The predicted octanol–water partition coefficient (Wildman–Crippen LogP) is 2.63. The van der Waals surface area contributed by atoms with Crippen molar-refractivity contribution < 1.29 is 24.2 Å². The number of rotatable bonds is 9. The first-order valence-corrected chi connectivity index (χ1v) is 11.9. The number of aliphatic carboxylic acids is 1. The lowest BCUT2D eigenvalue weighted by molar-refractivity contribution is -0.139. The number of hydrogen-bond donors (Lipinski definition) is 2. The van der Waals surface area contributed by atoms with E-state index in [-0.39, 0.29) is 18.5 Å². The third-order valence-electron chi connectivity index (χ3n) is 6.34. The summed E-state index contributed by atoms with van der Waals surface area (Å²) in [4.78, 5) is 26.2. The predicted molar refractivity (Wildman–Crippen MR) is 133 cm³/mol. The van der Waals surface area contributed by atoms with Crippen molar-refractivity contribution >= 4 is 23.8 Å². The molecule has 2 aliphatic rings. The van der Waals surface area contributed by atoms with Crippen LogP contribution in [0.3, 0.4) is 0 Å². The molecule has 2 heterocycles. The van der Waals surface area contributed by atoms with Crippen molar-refractivity contribution in [2.24, 2.45) is 5.10 Å². The number of benzene rings is 2. The number of carboxylic acids is 1. The van der Waals surface area contributed by atoms with Gasteiger partial charge < -0.3 is 19.9 Å². The van der Waals surface area contributed by atoms with E-state index in [2.05, 4.69) is 10.4 Å². The van der Waals surface area contributed by atoms with Crippen LogP contribution in [0, 0.1) is 0 Å². The highest BCUT2D eigenvalue weighted by atomic mass is 16.5. The highest BCUT2D eigenvalue weighted by molar-refractivity contribution is 6.04. The van der Waals surface area contributed by atoms with Gasteiger partial charge in [-0.3, -0.25) is 19.5 Å². The Kier molecular flexibility index (Phi) is 8.46. The summed E-state index contributed by atoms with van der Waals surface area (Å²) < 4.78 is 10.6. The highest BCUT2D eigenvalue weighted by Gasteiger charge is 2.29. The molecule has 0 aliphatic carbocycles. The molecule has 0 bridgehead atoms. The number of hydrogen-bond acceptors (Lipinski definition) is 7. The molecule has 2 N–H and O–H groups in total. The summed E-state index contributed by atoms with van der Waals surface area (Å²) in [5, 5.41) is 18.8. The fraction of sp³-hybridized carbons (Fsp3) is 0.423. The maximum absolute atomic E-state index is 12.9. The number of amides is 1. The van der Waals surface area contributed by atoms with Gasteiger partial charge in [-0.15, -0.1) is 0 Å². The third-order valence-corrected chi connectivity index (χ3v) is 6.34. The minimum Gasteiger partial charge on any atom is -0.480 e. The fourth-order valence-electron chi connectivity index (χ4n) is 4.50. The molecule has 186 valence electrons. The van der Waals surface area contributed by atoms with E-state index in [1.54, 1.807) is 25.5 Å². The molecule has 0 aromatic heterocycles. The van der Waals surface area contributed by atoms with Crippen LogP contribution in [0.25, 0.3) is 0 Å². The monoisotopic (exact) mass is 480 g/mol. The van der Waals surface area contributed by atoms with Gasteiger partial charge in [0.1, 0.15) is 0 Å². The molecule has 9 nitrogen and oxygen atoms in total. The van der Waals surface area contributed by atoms with Crippen LogP contribution in [0.2, 0.25) is 0 Å². The number of nitrogens with one attached hydrogen (secondary N) is 1. The van der Waals surface area contributed by atoms with E-state index in [9.17, 15) is 14.7 Å². The van der Waals surface area contributed by atoms with Gasteiger partial charge in [-0.05, 0) is 53.8 Å². The first-order valence-electron chi connectivity index (χ1n) is 11.9. The van der Waals surface area contributed by atoms with Gasteiger partial charge in [0.25, 0.3) is 5.91 Å². The van der Waals surface area contributed by atoms with Gasteiger partial charge in [-0.25, -0.2) is 0 Å². The highest BCUT2D eigenvalue weighted by Crippen LogP contribution is 2.34. The molecule has 9 heteroatoms. The summed E-state index contributed by atoms with van der Waals surface area (Å²) in [6.45, 7) is 4.11. The zero-order valence-corrected chi connectivity index (χ0v) is 20.0. The maximum atomic E-state index is 12.9. The van der Waals surface area contributed by atoms with E-state index in [1.807, 2.05) is 40.2 Å². The zero-order chi connectivity index (χ0) is 24.6. The Hall–Kier alpha value is -3.27. The standard InChI is InChI=1S/C26H32N4O5/c1-34-13-9-24-23-16-22(7-6-20(23)8-10-29(24)18-25(31)32)28-26(33)21-4-2-19(3-5-21)17-27-30-11-14-35-15-12-30/h2-7,16-17,24H,8-15,18H2,1H3,(H,28,33)(H,31,32). The number of fused-ring (bicyclic) bond motifs is 1. The number of nitrogens with zero attached hydrogens (tertiary/aromatic N) is 3. The molecule has 4 rings (SSSR count). The Morgan fingerprint density at radius 1 is 1.17 bits per heavy atom. The van der Waals surface area contributed by atoms with Crippen molar-refractivity contribution in [3.63, 3.8) is 0 Å². The molecule has 2 aromatic carbocycles. The molecule has 0 saturated carbocycles. The maximum Gasteiger partial charge on any atom is 0.317 e. The van der Waals surface area contributed by atoms with Crippen LogP contribution in [-0.2, 0) is 20.7 Å². The van der Waals surface area contributed by atoms with Gasteiger partial charge in [0.05, 0.1) is 39.1 Å². The lowest BCUT2D eigenvalue weighted by Crippen LogP contribution is -2.39. The van der Waals surface area contributed by atoms with E-state index in [0.717, 1.165) is 30.6 Å². The minimum atomic E-state index is -0.848. The average Bonchev–Trinajstić information content (AvgIpc) is 2.87. The summed E-state index contributed by atoms with van der Waals surface area (Å²) in [7, 11) is 1.64. The lowest BCUT2D eigenvalue weighted by atomic mass is 9.90. The quantitative estimate of drug-likeness (QED) is 0.532. The van der Waals surface area contributed by atoms with E-state index in [1.165, 1.54) is 5.56 Å². The Morgan fingerprint density at radius 3 is 2.66 bits per heavy atom. The van der Waals surface area contributed by atoms with Crippen LogP contribution in [0.1, 0.15) is 39.5 Å². The van der Waals surface area contributed by atoms with Crippen LogP contribution in [-0.4, -0.2) is 86.2 Å². The molecule has 0 radical (unpaired) electrons. The number of carbonyl (C=O) groups excluding carboxylic acids is 1. The van der Waals surface area contributed by atoms with Gasteiger partial charge in [-0.1, -0.05) is 18.2 Å². The van der Waals surface area contributed by atoms with Gasteiger partial charge >= 0.3 is 5.97 Å². The number of ether oxygens (including phenoxy) is 2. The molecule has 2 aliphatic heterocycles. The second-order valence-corrected chi connectivity index (χ2v) is 8.71. The first-order chi connectivity index (χ1) is 17.0. The molecule has 1 fully saturated rings. The fourth-order valence-corrected chi connectivity index (χ4v) is 4.50. The molecule has 35 heavy (non-hydrogen) atoms. The van der Waals surface area contributed by atoms with Gasteiger partial charge in [0, 0.05) is 37.6 Å². The molecule has 1 amide bonds. The van der Waals surface area contributed by atoms with Crippen molar-refractivity contribution in [1.29, 1.82) is 0 Å². The number of methoxy groups -OCH3 is 1. The number of carbonyl (C=O) groups is 2. The SMILES string of the molecule is COCCC1c2cc(NC(=O)c3ccc(C=NN4CCOCC4)cc3)ccc2CCN1CC(=O)O. The summed E-state index contributed by atoms with van der Waals surface area (Å²) in [5.41, 5.74) is 4.37. The van der Waals surface area contributed by atoms with E-state index in [4.69, 9.17) is 9.47 Å². The number of hydrazone groups is 1. The van der Waals surface area contributed by atoms with Crippen LogP contribution in [0.4, 0.5) is 5.69 Å². The molecular weight excluding hydrogens is 448 g/mol. The topological polar surface area (TPSA) is 104 Å². The van der Waals surface area contributed by atoms with Gasteiger partial charge in [0.2, 0.25) is 0 Å². The average molecular weight is 481 g/mol. The molecular formula is C26H32N4O5. The molecule has 2 aromatic rings.